The molecule has 2 aromatic carbocycles. The maximum absolute atomic E-state index is 12.4. The van der Waals surface area contributed by atoms with Crippen molar-refractivity contribution in [2.75, 3.05) is 29.9 Å². The van der Waals surface area contributed by atoms with E-state index in [1.54, 1.807) is 18.2 Å². The van der Waals surface area contributed by atoms with Gasteiger partial charge in [-0.05, 0) is 80.3 Å². The van der Waals surface area contributed by atoms with E-state index in [-0.39, 0.29) is 6.03 Å². The van der Waals surface area contributed by atoms with Gasteiger partial charge in [0.15, 0.2) is 0 Å². The first-order valence-electron chi connectivity index (χ1n) is 11.2. The van der Waals surface area contributed by atoms with Crippen LogP contribution in [0, 0.1) is 0 Å². The van der Waals surface area contributed by atoms with E-state index >= 15 is 0 Å². The van der Waals surface area contributed by atoms with Crippen molar-refractivity contribution in [3.8, 4) is 0 Å². The first-order valence-corrected chi connectivity index (χ1v) is 12.0. The van der Waals surface area contributed by atoms with Gasteiger partial charge < -0.3 is 15.5 Å². The Balaban J connectivity index is 1.37. The molecule has 2 amide bonds. The highest BCUT2D eigenvalue weighted by Crippen LogP contribution is 2.32. The predicted molar refractivity (Wildman–Crippen MR) is 135 cm³/mol. The number of nitrogens with one attached hydrogen (secondary N) is 2. The molecule has 0 spiro atoms. The summed E-state index contributed by atoms with van der Waals surface area (Å²) in [4.78, 5) is 17.5. The largest absolute Gasteiger partial charge is 0.369 e. The van der Waals surface area contributed by atoms with Gasteiger partial charge in [-0.1, -0.05) is 35.9 Å². The number of halogens is 2. The van der Waals surface area contributed by atoms with Gasteiger partial charge in [-0.3, -0.25) is 4.90 Å². The topological polar surface area (TPSA) is 47.6 Å². The first kappa shape index (κ1) is 23.0. The van der Waals surface area contributed by atoms with Crippen LogP contribution in [0.25, 0.3) is 6.08 Å². The van der Waals surface area contributed by atoms with Crippen LogP contribution in [0.2, 0.25) is 10.0 Å². The number of urea groups is 1. The van der Waals surface area contributed by atoms with Crippen LogP contribution in [0.5, 0.6) is 0 Å². The molecule has 2 aromatic rings. The van der Waals surface area contributed by atoms with Crippen LogP contribution in [0.3, 0.4) is 0 Å². The molecule has 0 aromatic heterocycles. The second kappa shape index (κ2) is 10.2. The maximum atomic E-state index is 12.4. The number of amides is 2. The number of likely N-dealkylation sites (tertiary alicyclic amines) is 1. The zero-order valence-corrected chi connectivity index (χ0v) is 19.9. The molecule has 32 heavy (non-hydrogen) atoms. The molecule has 0 aliphatic carbocycles. The highest BCUT2D eigenvalue weighted by molar-refractivity contribution is 6.34. The summed E-state index contributed by atoms with van der Waals surface area (Å²) in [5.41, 5.74) is 3.78. The van der Waals surface area contributed by atoms with Crippen molar-refractivity contribution in [1.82, 2.24) is 10.2 Å². The average molecular weight is 473 g/mol. The standard InChI is InChI=1S/C25H30Cl2N4O/c1-3-19-13-22(29-25(32)28-15-18-11-20(26)14-21(27)12-18)6-7-24(19)30-10-8-23(16-30)31-9-4-5-17(31)2/h3,6-7,11-14,17,23H,1,4-5,8-10,15-16H2,2H3,(H2,28,29,32). The Hall–Kier alpha value is -2.21. The van der Waals surface area contributed by atoms with E-state index < -0.39 is 0 Å². The fraction of sp³-hybridized carbons (Fsp3) is 0.400. The molecule has 0 saturated carbocycles. The lowest BCUT2D eigenvalue weighted by atomic mass is 10.1. The molecule has 5 nitrogen and oxygen atoms in total. The van der Waals surface area contributed by atoms with E-state index in [4.69, 9.17) is 23.2 Å². The molecule has 2 fully saturated rings. The lowest BCUT2D eigenvalue weighted by Crippen LogP contribution is -2.39. The number of hydrogen-bond donors (Lipinski definition) is 2. The zero-order valence-electron chi connectivity index (χ0n) is 18.4. The molecule has 2 unspecified atom stereocenters. The summed E-state index contributed by atoms with van der Waals surface area (Å²) in [6.45, 7) is 9.98. The molecule has 2 aliphatic heterocycles. The van der Waals surface area contributed by atoms with Gasteiger partial charge in [0.25, 0.3) is 0 Å². The normalized spacial score (nSPS) is 21.0. The average Bonchev–Trinajstić information content (AvgIpc) is 3.40. The number of carbonyl (C=O) groups is 1. The Morgan fingerprint density at radius 1 is 1.16 bits per heavy atom. The fourth-order valence-electron chi connectivity index (χ4n) is 4.88. The highest BCUT2D eigenvalue weighted by Gasteiger charge is 2.33. The minimum Gasteiger partial charge on any atom is -0.369 e. The molecule has 4 rings (SSSR count). The second-order valence-corrected chi connectivity index (χ2v) is 9.55. The molecular formula is C25H30Cl2N4O. The summed E-state index contributed by atoms with van der Waals surface area (Å²) < 4.78 is 0. The monoisotopic (exact) mass is 472 g/mol. The minimum atomic E-state index is -0.284. The van der Waals surface area contributed by atoms with Crippen molar-refractivity contribution in [2.24, 2.45) is 0 Å². The van der Waals surface area contributed by atoms with Crippen molar-refractivity contribution >= 4 is 46.7 Å². The van der Waals surface area contributed by atoms with Crippen molar-refractivity contribution in [3.05, 3.63) is 64.1 Å². The van der Waals surface area contributed by atoms with Crippen LogP contribution in [0.1, 0.15) is 37.3 Å². The molecule has 2 saturated heterocycles. The van der Waals surface area contributed by atoms with Crippen LogP contribution in [-0.4, -0.2) is 42.6 Å². The van der Waals surface area contributed by atoms with Gasteiger partial charge >= 0.3 is 6.03 Å². The molecule has 2 N–H and O–H groups in total. The molecule has 0 bridgehead atoms. The summed E-state index contributed by atoms with van der Waals surface area (Å²) in [5.74, 6) is 0. The smallest absolute Gasteiger partial charge is 0.319 e. The summed E-state index contributed by atoms with van der Waals surface area (Å²) >= 11 is 12.0. The van der Waals surface area contributed by atoms with Crippen LogP contribution in [-0.2, 0) is 6.54 Å². The van der Waals surface area contributed by atoms with E-state index in [1.165, 1.54) is 31.5 Å². The van der Waals surface area contributed by atoms with Crippen molar-refractivity contribution < 1.29 is 4.79 Å². The minimum absolute atomic E-state index is 0.284. The van der Waals surface area contributed by atoms with E-state index in [1.807, 2.05) is 18.2 Å². The van der Waals surface area contributed by atoms with Gasteiger partial charge in [-0.25, -0.2) is 4.79 Å². The van der Waals surface area contributed by atoms with Crippen molar-refractivity contribution in [1.29, 1.82) is 0 Å². The summed E-state index contributed by atoms with van der Waals surface area (Å²) in [6.07, 6.45) is 5.67. The Labute approximate surface area is 200 Å². The number of rotatable bonds is 6. The lowest BCUT2D eigenvalue weighted by molar-refractivity contribution is 0.204. The van der Waals surface area contributed by atoms with Crippen LogP contribution in [0.4, 0.5) is 16.2 Å². The van der Waals surface area contributed by atoms with Crippen molar-refractivity contribution in [3.63, 3.8) is 0 Å². The molecule has 7 heteroatoms. The van der Waals surface area contributed by atoms with Gasteiger partial charge in [0.1, 0.15) is 0 Å². The van der Waals surface area contributed by atoms with E-state index in [0.29, 0.717) is 28.7 Å². The zero-order chi connectivity index (χ0) is 22.7. The number of nitrogens with zero attached hydrogens (tertiary/aromatic N) is 2. The molecule has 2 atom stereocenters. The third-order valence-corrected chi connectivity index (χ3v) is 6.89. The Kier molecular flexibility index (Phi) is 7.29. The number of hydrogen-bond acceptors (Lipinski definition) is 3. The Bertz CT molecular complexity index is 976. The van der Waals surface area contributed by atoms with Gasteiger partial charge in [-0.2, -0.15) is 0 Å². The molecule has 2 heterocycles. The molecular weight excluding hydrogens is 443 g/mol. The SMILES string of the molecule is C=Cc1cc(NC(=O)NCc2cc(Cl)cc(Cl)c2)ccc1N1CCC(N2CCCC2C)C1. The fourth-order valence-corrected chi connectivity index (χ4v) is 5.45. The van der Waals surface area contributed by atoms with Crippen LogP contribution < -0.4 is 15.5 Å². The van der Waals surface area contributed by atoms with E-state index in [0.717, 1.165) is 29.9 Å². The Morgan fingerprint density at radius 3 is 2.62 bits per heavy atom. The van der Waals surface area contributed by atoms with E-state index in [2.05, 4.69) is 40.0 Å². The molecule has 0 radical (unpaired) electrons. The summed E-state index contributed by atoms with van der Waals surface area (Å²) in [7, 11) is 0. The second-order valence-electron chi connectivity index (χ2n) is 8.68. The predicted octanol–water partition coefficient (Wildman–Crippen LogP) is 6.02. The van der Waals surface area contributed by atoms with Gasteiger partial charge in [-0.15, -0.1) is 0 Å². The van der Waals surface area contributed by atoms with E-state index in [9.17, 15) is 4.79 Å². The first-order chi connectivity index (χ1) is 15.4. The van der Waals surface area contributed by atoms with Gasteiger partial charge in [0, 0.05) is 53.1 Å². The maximum Gasteiger partial charge on any atom is 0.319 e. The van der Waals surface area contributed by atoms with Crippen LogP contribution >= 0.6 is 23.2 Å². The third kappa shape index (κ3) is 5.40. The quantitative estimate of drug-likeness (QED) is 0.539. The van der Waals surface area contributed by atoms with Crippen LogP contribution in [0.15, 0.2) is 43.0 Å². The van der Waals surface area contributed by atoms with Gasteiger partial charge in [0.2, 0.25) is 0 Å². The highest BCUT2D eigenvalue weighted by atomic mass is 35.5. The number of carbonyl (C=O) groups excluding carboxylic acids is 1. The molecule has 170 valence electrons. The van der Waals surface area contributed by atoms with Crippen molar-refractivity contribution in [2.45, 2.75) is 44.8 Å². The molecule has 2 aliphatic rings. The lowest BCUT2D eigenvalue weighted by Gasteiger charge is -2.29. The third-order valence-electron chi connectivity index (χ3n) is 6.46. The summed E-state index contributed by atoms with van der Waals surface area (Å²) in [6, 6.07) is 12.3. The summed E-state index contributed by atoms with van der Waals surface area (Å²) in [5, 5.41) is 6.84. The Morgan fingerprint density at radius 2 is 1.94 bits per heavy atom. The van der Waals surface area contributed by atoms with Gasteiger partial charge in [0.05, 0.1) is 0 Å². The number of benzene rings is 2. The number of anilines is 2.